The number of amides is 1. The number of hydrogen-bond acceptors (Lipinski definition) is 3. The molecule has 9 heteroatoms. The first-order valence-electron chi connectivity index (χ1n) is 8.82. The van der Waals surface area contributed by atoms with Crippen LogP contribution >= 0.6 is 0 Å². The summed E-state index contributed by atoms with van der Waals surface area (Å²) in [4.78, 5) is 12.2. The average molecular weight is 425 g/mol. The molecule has 4 nitrogen and oxygen atoms in total. The Morgan fingerprint density at radius 1 is 1.03 bits per heavy atom. The van der Waals surface area contributed by atoms with Crippen LogP contribution in [0.15, 0.2) is 65.1 Å². The van der Waals surface area contributed by atoms with Crippen molar-refractivity contribution in [3.05, 3.63) is 77.6 Å². The maximum Gasteiger partial charge on any atom is 0.416 e. The van der Waals surface area contributed by atoms with E-state index in [1.165, 1.54) is 36.4 Å². The molecule has 30 heavy (non-hydrogen) atoms. The lowest BCUT2D eigenvalue weighted by Crippen LogP contribution is -2.25. The van der Waals surface area contributed by atoms with E-state index in [0.717, 1.165) is 17.7 Å². The molecule has 0 saturated heterocycles. The Morgan fingerprint density at radius 2 is 1.77 bits per heavy atom. The van der Waals surface area contributed by atoms with Crippen LogP contribution in [0.1, 0.15) is 21.7 Å². The molecule has 0 spiro atoms. The number of rotatable bonds is 7. The molecule has 0 aliphatic heterocycles. The molecule has 1 aromatic heterocycles. The number of alkyl halides is 5. The lowest BCUT2D eigenvalue weighted by molar-refractivity contribution is -0.137. The van der Waals surface area contributed by atoms with E-state index in [0.29, 0.717) is 6.42 Å². The van der Waals surface area contributed by atoms with Crippen molar-refractivity contribution in [2.75, 3.05) is 6.54 Å². The van der Waals surface area contributed by atoms with Gasteiger partial charge in [0.1, 0.15) is 11.5 Å². The van der Waals surface area contributed by atoms with Gasteiger partial charge in [0.15, 0.2) is 5.76 Å². The molecule has 0 aliphatic carbocycles. The van der Waals surface area contributed by atoms with Crippen molar-refractivity contribution in [1.29, 1.82) is 0 Å². The van der Waals surface area contributed by atoms with Crippen molar-refractivity contribution >= 4 is 5.91 Å². The van der Waals surface area contributed by atoms with Crippen LogP contribution in [-0.4, -0.2) is 19.1 Å². The minimum Gasteiger partial charge on any atom is -0.451 e. The van der Waals surface area contributed by atoms with Gasteiger partial charge in [-0.1, -0.05) is 24.3 Å². The zero-order valence-electron chi connectivity index (χ0n) is 15.4. The molecule has 0 fully saturated rings. The second-order valence-electron chi connectivity index (χ2n) is 6.27. The molecule has 0 saturated carbocycles. The fourth-order valence-corrected chi connectivity index (χ4v) is 2.71. The van der Waals surface area contributed by atoms with Gasteiger partial charge in [-0.3, -0.25) is 4.79 Å². The number of benzene rings is 2. The molecular formula is C21H16F5NO3. The van der Waals surface area contributed by atoms with Gasteiger partial charge in [0, 0.05) is 12.1 Å². The van der Waals surface area contributed by atoms with Gasteiger partial charge in [-0.25, -0.2) is 0 Å². The summed E-state index contributed by atoms with van der Waals surface area (Å²) in [6.45, 7) is -2.66. The van der Waals surface area contributed by atoms with E-state index in [-0.39, 0.29) is 29.4 Å². The van der Waals surface area contributed by atoms with Gasteiger partial charge < -0.3 is 14.5 Å². The number of nitrogens with one attached hydrogen (secondary N) is 1. The number of furan rings is 1. The van der Waals surface area contributed by atoms with Crippen molar-refractivity contribution in [2.45, 2.75) is 19.2 Å². The summed E-state index contributed by atoms with van der Waals surface area (Å²) in [5, 5.41) is 2.63. The zero-order valence-corrected chi connectivity index (χ0v) is 15.4. The standard InChI is InChI=1S/C21H16F5NO3/c22-20(23)29-16-6-4-13(5-7-16)10-11-27-19(28)18-9-8-17(30-18)14-2-1-3-15(12-14)21(24,25)26/h1-9,12,20H,10-11H2,(H,27,28). The monoisotopic (exact) mass is 425 g/mol. The highest BCUT2D eigenvalue weighted by Crippen LogP contribution is 2.32. The molecule has 3 rings (SSSR count). The summed E-state index contributed by atoms with van der Waals surface area (Å²) in [5.74, 6) is -0.384. The second kappa shape index (κ2) is 8.98. The third kappa shape index (κ3) is 5.59. The molecule has 0 unspecified atom stereocenters. The number of carbonyl (C=O) groups excluding carboxylic acids is 1. The molecule has 1 amide bonds. The Labute approximate surface area is 168 Å². The normalized spacial score (nSPS) is 11.5. The maximum atomic E-state index is 12.8. The highest BCUT2D eigenvalue weighted by atomic mass is 19.4. The van der Waals surface area contributed by atoms with Gasteiger partial charge in [0.05, 0.1) is 5.56 Å². The molecule has 0 atom stereocenters. The fraction of sp³-hybridized carbons (Fsp3) is 0.190. The topological polar surface area (TPSA) is 51.5 Å². The summed E-state index contributed by atoms with van der Waals surface area (Å²) >= 11 is 0. The van der Waals surface area contributed by atoms with Gasteiger partial charge >= 0.3 is 12.8 Å². The Kier molecular flexibility index (Phi) is 6.39. The molecule has 2 aromatic carbocycles. The lowest BCUT2D eigenvalue weighted by atomic mass is 10.1. The van der Waals surface area contributed by atoms with Crippen LogP contribution in [0.2, 0.25) is 0 Å². The van der Waals surface area contributed by atoms with E-state index in [1.807, 2.05) is 0 Å². The van der Waals surface area contributed by atoms with Crippen LogP contribution in [-0.2, 0) is 12.6 Å². The third-order valence-electron chi connectivity index (χ3n) is 4.15. The third-order valence-corrected chi connectivity index (χ3v) is 4.15. The van der Waals surface area contributed by atoms with Crippen LogP contribution in [0.5, 0.6) is 5.75 Å². The summed E-state index contributed by atoms with van der Waals surface area (Å²) in [5.41, 5.74) is 0.184. The van der Waals surface area contributed by atoms with Gasteiger partial charge in [0.2, 0.25) is 0 Å². The molecule has 3 aromatic rings. The Bertz CT molecular complexity index is 996. The highest BCUT2D eigenvalue weighted by molar-refractivity contribution is 5.92. The first-order valence-corrected chi connectivity index (χ1v) is 8.82. The van der Waals surface area contributed by atoms with Gasteiger partial charge in [0.25, 0.3) is 5.91 Å². The average Bonchev–Trinajstić information content (AvgIpc) is 3.19. The first-order chi connectivity index (χ1) is 14.2. The van der Waals surface area contributed by atoms with Gasteiger partial charge in [-0.05, 0) is 48.4 Å². The van der Waals surface area contributed by atoms with Crippen molar-refractivity contribution in [1.82, 2.24) is 5.32 Å². The first kappa shape index (κ1) is 21.4. The number of carbonyl (C=O) groups is 1. The minimum absolute atomic E-state index is 0.0375. The molecule has 158 valence electrons. The Balaban J connectivity index is 1.57. The molecular weight excluding hydrogens is 409 g/mol. The summed E-state index contributed by atoms with van der Waals surface area (Å²) in [6.07, 6.45) is -4.05. The Hall–Kier alpha value is -3.36. The molecule has 0 aliphatic rings. The van der Waals surface area contributed by atoms with E-state index in [2.05, 4.69) is 10.1 Å². The molecule has 1 N–H and O–H groups in total. The van der Waals surface area contributed by atoms with E-state index >= 15 is 0 Å². The minimum atomic E-state index is -4.48. The largest absolute Gasteiger partial charge is 0.451 e. The van der Waals surface area contributed by atoms with E-state index in [9.17, 15) is 26.7 Å². The van der Waals surface area contributed by atoms with Crippen molar-refractivity contribution in [3.8, 4) is 17.1 Å². The van der Waals surface area contributed by atoms with Crippen LogP contribution < -0.4 is 10.1 Å². The van der Waals surface area contributed by atoms with E-state index in [1.54, 1.807) is 12.1 Å². The van der Waals surface area contributed by atoms with E-state index < -0.39 is 24.3 Å². The zero-order chi connectivity index (χ0) is 21.7. The highest BCUT2D eigenvalue weighted by Gasteiger charge is 2.30. The van der Waals surface area contributed by atoms with Crippen molar-refractivity contribution in [3.63, 3.8) is 0 Å². The number of ether oxygens (including phenoxy) is 1. The SMILES string of the molecule is O=C(NCCc1ccc(OC(F)F)cc1)c1ccc(-c2cccc(C(F)(F)F)c2)o1. The van der Waals surface area contributed by atoms with Crippen LogP contribution in [0.3, 0.4) is 0 Å². The maximum absolute atomic E-state index is 12.8. The smallest absolute Gasteiger partial charge is 0.416 e. The van der Waals surface area contributed by atoms with Crippen LogP contribution in [0.25, 0.3) is 11.3 Å². The van der Waals surface area contributed by atoms with E-state index in [4.69, 9.17) is 4.42 Å². The summed E-state index contributed by atoms with van der Waals surface area (Å²) in [7, 11) is 0. The van der Waals surface area contributed by atoms with Crippen LogP contribution in [0.4, 0.5) is 22.0 Å². The lowest BCUT2D eigenvalue weighted by Gasteiger charge is -2.07. The predicted octanol–water partition coefficient (Wildman–Crippen LogP) is 5.54. The summed E-state index contributed by atoms with van der Waals surface area (Å²) < 4.78 is 72.4. The molecule has 0 radical (unpaired) electrons. The predicted molar refractivity (Wildman–Crippen MR) is 98.3 cm³/mol. The Morgan fingerprint density at radius 3 is 2.43 bits per heavy atom. The van der Waals surface area contributed by atoms with Crippen LogP contribution in [0, 0.1) is 0 Å². The number of hydrogen-bond donors (Lipinski definition) is 1. The van der Waals surface area contributed by atoms with Crippen molar-refractivity contribution in [2.24, 2.45) is 0 Å². The van der Waals surface area contributed by atoms with Crippen molar-refractivity contribution < 1.29 is 35.9 Å². The second-order valence-corrected chi connectivity index (χ2v) is 6.27. The quantitative estimate of drug-likeness (QED) is 0.506. The fourth-order valence-electron chi connectivity index (χ4n) is 2.71. The van der Waals surface area contributed by atoms with Gasteiger partial charge in [-0.15, -0.1) is 0 Å². The molecule has 1 heterocycles. The summed E-state index contributed by atoms with van der Waals surface area (Å²) in [6, 6.07) is 13.4. The molecule has 0 bridgehead atoms. The number of halogens is 5. The van der Waals surface area contributed by atoms with Gasteiger partial charge in [-0.2, -0.15) is 22.0 Å².